The molecule has 32 heavy (non-hydrogen) atoms. The molecular weight excluding hydrogens is 480 g/mol. The van der Waals surface area contributed by atoms with Crippen molar-refractivity contribution in [3.05, 3.63) is 41.6 Å². The average molecular weight is 493 g/mol. The van der Waals surface area contributed by atoms with Crippen LogP contribution >= 0.6 is 11.3 Å². The molecule has 0 aliphatic heterocycles. The molecule has 1 aromatic carbocycles. The summed E-state index contributed by atoms with van der Waals surface area (Å²) in [6.45, 7) is 1.39. The van der Waals surface area contributed by atoms with Gasteiger partial charge in [-0.2, -0.15) is 26.3 Å². The zero-order valence-electron chi connectivity index (χ0n) is 16.3. The molecule has 4 rings (SSSR count). The van der Waals surface area contributed by atoms with Crippen LogP contribution in [-0.2, 0) is 29.2 Å². The third-order valence-corrected chi connectivity index (χ3v) is 7.99. The fraction of sp³-hybridized carbons (Fsp3) is 0.263. The Morgan fingerprint density at radius 1 is 1.03 bits per heavy atom. The summed E-state index contributed by atoms with van der Waals surface area (Å²) in [6, 6.07) is 3.51. The van der Waals surface area contributed by atoms with E-state index in [-0.39, 0.29) is 42.6 Å². The number of thiophene rings is 1. The fourth-order valence-electron chi connectivity index (χ4n) is 3.28. The lowest BCUT2D eigenvalue weighted by molar-refractivity contribution is -0.138. The van der Waals surface area contributed by atoms with Crippen LogP contribution in [0.25, 0.3) is 32.0 Å². The van der Waals surface area contributed by atoms with E-state index in [9.17, 15) is 34.8 Å². The molecule has 0 spiro atoms. The van der Waals surface area contributed by atoms with Crippen LogP contribution in [0.1, 0.15) is 18.1 Å². The van der Waals surface area contributed by atoms with Crippen LogP contribution in [0.15, 0.2) is 35.4 Å². The van der Waals surface area contributed by atoms with Crippen molar-refractivity contribution in [1.82, 2.24) is 14.5 Å². The topological polar surface area (TPSA) is 64.8 Å². The van der Waals surface area contributed by atoms with Crippen molar-refractivity contribution >= 4 is 42.4 Å². The Morgan fingerprint density at radius 2 is 1.69 bits per heavy atom. The zero-order chi connectivity index (χ0) is 23.6. The molecule has 0 unspecified atom stereocenters. The zero-order valence-corrected chi connectivity index (χ0v) is 18.0. The number of halogens is 6. The van der Waals surface area contributed by atoms with Gasteiger partial charge < -0.3 is 4.57 Å². The van der Waals surface area contributed by atoms with E-state index in [0.29, 0.717) is 6.20 Å². The van der Waals surface area contributed by atoms with Gasteiger partial charge in [0.15, 0.2) is 21.3 Å². The molecule has 0 radical (unpaired) electrons. The van der Waals surface area contributed by atoms with Gasteiger partial charge in [-0.25, -0.2) is 18.4 Å². The van der Waals surface area contributed by atoms with E-state index < -0.39 is 33.3 Å². The maximum absolute atomic E-state index is 13.2. The second-order valence-electron chi connectivity index (χ2n) is 6.93. The van der Waals surface area contributed by atoms with Crippen molar-refractivity contribution in [3.63, 3.8) is 0 Å². The van der Waals surface area contributed by atoms with Crippen LogP contribution in [0.4, 0.5) is 26.3 Å². The maximum Gasteiger partial charge on any atom is 0.417 e. The van der Waals surface area contributed by atoms with Crippen molar-refractivity contribution < 1.29 is 34.8 Å². The smallest absolute Gasteiger partial charge is 0.311 e. The minimum absolute atomic E-state index is 0.00592. The summed E-state index contributed by atoms with van der Waals surface area (Å²) in [5, 5.41) is 0.0934. The summed E-state index contributed by atoms with van der Waals surface area (Å²) >= 11 is 0.776. The molecule has 13 heteroatoms. The molecule has 0 saturated carbocycles. The Hall–Kier alpha value is -2.67. The van der Waals surface area contributed by atoms with Crippen molar-refractivity contribution in [2.45, 2.75) is 24.2 Å². The number of alkyl halides is 6. The van der Waals surface area contributed by atoms with Crippen LogP contribution in [0, 0.1) is 0 Å². The highest BCUT2D eigenvalue weighted by molar-refractivity contribution is 7.92. The van der Waals surface area contributed by atoms with Gasteiger partial charge in [-0.05, 0) is 18.2 Å². The van der Waals surface area contributed by atoms with E-state index in [2.05, 4.69) is 9.97 Å². The maximum atomic E-state index is 13.2. The lowest BCUT2D eigenvalue weighted by Crippen LogP contribution is -2.06. The molecule has 0 aliphatic rings. The lowest BCUT2D eigenvalue weighted by atomic mass is 10.1. The Bertz CT molecular complexity index is 1470. The van der Waals surface area contributed by atoms with E-state index in [1.807, 2.05) is 0 Å². The number of pyridine rings is 1. The molecule has 0 aliphatic carbocycles. The van der Waals surface area contributed by atoms with Crippen LogP contribution in [0.2, 0.25) is 0 Å². The van der Waals surface area contributed by atoms with Crippen molar-refractivity contribution in [2.24, 2.45) is 7.05 Å². The highest BCUT2D eigenvalue weighted by Crippen LogP contribution is 2.44. The highest BCUT2D eigenvalue weighted by Gasteiger charge is 2.34. The molecule has 0 saturated heterocycles. The minimum Gasteiger partial charge on any atom is -0.311 e. The van der Waals surface area contributed by atoms with Gasteiger partial charge in [0.2, 0.25) is 0 Å². The third-order valence-electron chi connectivity index (χ3n) is 4.90. The SMILES string of the molecule is CCS(=O)(=O)c1c(-c2nc3cc(C(F)(F)F)cnc3n2C)sc2cc(C(F)(F)F)ccc12. The van der Waals surface area contributed by atoms with Crippen LogP contribution < -0.4 is 0 Å². The summed E-state index contributed by atoms with van der Waals surface area (Å²) in [6.07, 6.45) is -8.64. The number of sulfone groups is 1. The van der Waals surface area contributed by atoms with Crippen molar-refractivity contribution in [3.8, 4) is 10.7 Å². The first-order valence-corrected chi connectivity index (χ1v) is 11.5. The molecule has 0 bridgehead atoms. The van der Waals surface area contributed by atoms with Gasteiger partial charge in [-0.15, -0.1) is 11.3 Å². The summed E-state index contributed by atoms with van der Waals surface area (Å²) in [4.78, 5) is 7.78. The van der Waals surface area contributed by atoms with E-state index in [4.69, 9.17) is 0 Å². The number of benzene rings is 1. The Morgan fingerprint density at radius 3 is 2.28 bits per heavy atom. The van der Waals surface area contributed by atoms with Crippen LogP contribution in [-0.4, -0.2) is 28.7 Å². The first-order valence-electron chi connectivity index (χ1n) is 9.00. The van der Waals surface area contributed by atoms with Gasteiger partial charge >= 0.3 is 12.4 Å². The van der Waals surface area contributed by atoms with Crippen LogP contribution in [0.5, 0.6) is 0 Å². The standard InChI is InChI=1S/C19H13F6N3O2S2/c1-3-32(29,30)15-11-5-4-9(18(20,21)22)7-13(11)31-14(15)17-27-12-6-10(19(23,24)25)8-26-16(12)28(17)2/h4-8H,3H2,1-2H3. The van der Waals surface area contributed by atoms with Gasteiger partial charge in [-0.1, -0.05) is 13.0 Å². The molecule has 4 aromatic rings. The lowest BCUT2D eigenvalue weighted by Gasteiger charge is -2.07. The number of aryl methyl sites for hydroxylation is 1. The highest BCUT2D eigenvalue weighted by atomic mass is 32.2. The summed E-state index contributed by atoms with van der Waals surface area (Å²) in [7, 11) is -2.48. The fourth-order valence-corrected chi connectivity index (χ4v) is 6.19. The normalized spacial score (nSPS) is 13.4. The minimum atomic E-state index is -4.65. The number of imidazole rings is 1. The van der Waals surface area contributed by atoms with E-state index in [0.717, 1.165) is 35.6 Å². The summed E-state index contributed by atoms with van der Waals surface area (Å²) < 4.78 is 106. The third kappa shape index (κ3) is 3.62. The van der Waals surface area contributed by atoms with Gasteiger partial charge in [0.05, 0.1) is 26.7 Å². The number of hydrogen-bond acceptors (Lipinski definition) is 5. The number of rotatable bonds is 3. The molecule has 0 fully saturated rings. The van der Waals surface area contributed by atoms with Gasteiger partial charge in [0.25, 0.3) is 0 Å². The Balaban J connectivity index is 2.04. The van der Waals surface area contributed by atoms with E-state index in [1.54, 1.807) is 0 Å². The number of hydrogen-bond donors (Lipinski definition) is 0. The van der Waals surface area contributed by atoms with Gasteiger partial charge in [-0.3, -0.25) is 0 Å². The molecular formula is C19H13F6N3O2S2. The molecule has 3 heterocycles. The first-order chi connectivity index (χ1) is 14.7. The predicted molar refractivity (Wildman–Crippen MR) is 107 cm³/mol. The first kappa shape index (κ1) is 22.5. The van der Waals surface area contributed by atoms with Crippen LogP contribution in [0.3, 0.4) is 0 Å². The molecule has 3 aromatic heterocycles. The second kappa shape index (κ2) is 7.17. The quantitative estimate of drug-likeness (QED) is 0.345. The molecule has 0 amide bonds. The van der Waals surface area contributed by atoms with Crippen molar-refractivity contribution in [2.75, 3.05) is 5.75 Å². The molecule has 0 atom stereocenters. The van der Waals surface area contributed by atoms with Crippen molar-refractivity contribution in [1.29, 1.82) is 0 Å². The average Bonchev–Trinajstić information content (AvgIpc) is 3.24. The van der Waals surface area contributed by atoms with E-state index in [1.165, 1.54) is 18.5 Å². The second-order valence-corrected chi connectivity index (χ2v) is 10.2. The van der Waals surface area contributed by atoms with E-state index >= 15 is 0 Å². The number of nitrogens with zero attached hydrogens (tertiary/aromatic N) is 3. The predicted octanol–water partition coefficient (Wildman–Crippen LogP) is 5.68. The molecule has 5 nitrogen and oxygen atoms in total. The molecule has 170 valence electrons. The Labute approximate surface area is 181 Å². The monoisotopic (exact) mass is 493 g/mol. The number of aromatic nitrogens is 3. The number of fused-ring (bicyclic) bond motifs is 2. The summed E-state index contributed by atoms with van der Waals surface area (Å²) in [5.74, 6) is -0.332. The molecule has 0 N–H and O–H groups in total. The van der Waals surface area contributed by atoms with Gasteiger partial charge in [0.1, 0.15) is 5.52 Å². The van der Waals surface area contributed by atoms with Gasteiger partial charge in [0, 0.05) is 23.3 Å². The largest absolute Gasteiger partial charge is 0.417 e. The Kier molecular flexibility index (Phi) is 5.05. The summed E-state index contributed by atoms with van der Waals surface area (Å²) in [5.41, 5.74) is -2.02.